The molecule has 0 saturated carbocycles. The Balaban J connectivity index is 3.22. The van der Waals surface area contributed by atoms with E-state index in [1.807, 2.05) is 6.92 Å². The highest BCUT2D eigenvalue weighted by atomic mass is 16.5. The fourth-order valence-corrected chi connectivity index (χ4v) is 0.968. The summed E-state index contributed by atoms with van der Waals surface area (Å²) < 4.78 is 4.86. The van der Waals surface area contributed by atoms with Crippen molar-refractivity contribution in [3.05, 3.63) is 12.2 Å². The summed E-state index contributed by atoms with van der Waals surface area (Å²) in [5.41, 5.74) is 1.04. The van der Waals surface area contributed by atoms with E-state index in [1.165, 1.54) is 0 Å². The van der Waals surface area contributed by atoms with Crippen molar-refractivity contribution in [1.82, 2.24) is 0 Å². The normalized spacial score (nSPS) is 13.0. The van der Waals surface area contributed by atoms with Gasteiger partial charge >= 0.3 is 0 Å². The van der Waals surface area contributed by atoms with Crippen LogP contribution in [0.15, 0.2) is 12.2 Å². The molecule has 0 radical (unpaired) electrons. The fourth-order valence-electron chi connectivity index (χ4n) is 0.968. The lowest BCUT2D eigenvalue weighted by Crippen LogP contribution is -2.07. The molecule has 0 aliphatic carbocycles. The van der Waals surface area contributed by atoms with E-state index in [4.69, 9.17) is 4.74 Å². The third kappa shape index (κ3) is 7.56. The smallest absolute Gasteiger partial charge is 0.0578 e. The number of aliphatic hydroxyl groups excluding tert-OH is 1. The van der Waals surface area contributed by atoms with Crippen LogP contribution in [0.4, 0.5) is 0 Å². The van der Waals surface area contributed by atoms with Crippen molar-refractivity contribution in [1.29, 1.82) is 0 Å². The summed E-state index contributed by atoms with van der Waals surface area (Å²) in [6.45, 7) is 6.39. The van der Waals surface area contributed by atoms with Gasteiger partial charge in [-0.25, -0.2) is 0 Å². The highest BCUT2D eigenvalue weighted by Crippen LogP contribution is 2.07. The van der Waals surface area contributed by atoms with Gasteiger partial charge in [0.25, 0.3) is 0 Å². The first-order chi connectivity index (χ1) is 5.16. The van der Waals surface area contributed by atoms with E-state index >= 15 is 0 Å². The lowest BCUT2D eigenvalue weighted by molar-refractivity contribution is 0.135. The molecule has 0 saturated heterocycles. The maximum absolute atomic E-state index is 9.33. The van der Waals surface area contributed by atoms with Gasteiger partial charge in [0.2, 0.25) is 0 Å². The molecule has 11 heavy (non-hydrogen) atoms. The van der Waals surface area contributed by atoms with Crippen molar-refractivity contribution < 1.29 is 9.84 Å². The third-order valence-electron chi connectivity index (χ3n) is 1.47. The number of hydrogen-bond donors (Lipinski definition) is 1. The number of hydrogen-bond acceptors (Lipinski definition) is 2. The van der Waals surface area contributed by atoms with Gasteiger partial charge in [-0.1, -0.05) is 5.57 Å². The van der Waals surface area contributed by atoms with Gasteiger partial charge in [-0.3, -0.25) is 0 Å². The summed E-state index contributed by atoms with van der Waals surface area (Å²) in [7, 11) is 1.67. The van der Waals surface area contributed by atoms with E-state index in [9.17, 15) is 5.11 Å². The Bertz CT molecular complexity index is 110. The molecule has 0 aromatic carbocycles. The Hall–Kier alpha value is -0.340. The van der Waals surface area contributed by atoms with Gasteiger partial charge in [-0.2, -0.15) is 0 Å². The summed E-state index contributed by atoms with van der Waals surface area (Å²) in [5.74, 6) is 0. The van der Waals surface area contributed by atoms with Crippen LogP contribution in [0.2, 0.25) is 0 Å². The molecule has 0 aromatic rings. The molecular weight excluding hydrogens is 140 g/mol. The third-order valence-corrected chi connectivity index (χ3v) is 1.47. The first kappa shape index (κ1) is 10.7. The van der Waals surface area contributed by atoms with Crippen LogP contribution in [0.25, 0.3) is 0 Å². The average Bonchev–Trinajstić information content (AvgIpc) is 1.86. The second-order valence-corrected chi connectivity index (χ2v) is 2.95. The minimum absolute atomic E-state index is 0.234. The molecule has 0 aromatic heterocycles. The zero-order chi connectivity index (χ0) is 8.69. The van der Waals surface area contributed by atoms with E-state index in [0.717, 1.165) is 25.0 Å². The molecule has 0 heterocycles. The molecule has 1 unspecified atom stereocenters. The summed E-state index contributed by atoms with van der Waals surface area (Å²) in [4.78, 5) is 0. The van der Waals surface area contributed by atoms with Crippen LogP contribution in [0.5, 0.6) is 0 Å². The SMILES string of the molecule is C=C(C)CC(O)CCCOC. The molecule has 0 aliphatic rings. The van der Waals surface area contributed by atoms with Crippen molar-refractivity contribution >= 4 is 0 Å². The van der Waals surface area contributed by atoms with Crippen LogP contribution in [-0.4, -0.2) is 24.9 Å². The van der Waals surface area contributed by atoms with Crippen LogP contribution in [-0.2, 0) is 4.74 Å². The van der Waals surface area contributed by atoms with Gasteiger partial charge in [0.05, 0.1) is 6.10 Å². The maximum atomic E-state index is 9.33. The van der Waals surface area contributed by atoms with Gasteiger partial charge in [0, 0.05) is 13.7 Å². The Morgan fingerprint density at radius 1 is 1.64 bits per heavy atom. The fraction of sp³-hybridized carbons (Fsp3) is 0.778. The molecule has 0 fully saturated rings. The van der Waals surface area contributed by atoms with Gasteiger partial charge in [-0.15, -0.1) is 6.58 Å². The monoisotopic (exact) mass is 158 g/mol. The highest BCUT2D eigenvalue weighted by molar-refractivity contribution is 4.90. The van der Waals surface area contributed by atoms with Gasteiger partial charge in [-0.05, 0) is 26.2 Å². The second kappa shape index (κ2) is 6.38. The van der Waals surface area contributed by atoms with Crippen molar-refractivity contribution in [2.75, 3.05) is 13.7 Å². The molecule has 0 aliphatic heterocycles. The van der Waals surface area contributed by atoms with E-state index in [2.05, 4.69) is 6.58 Å². The number of aliphatic hydroxyl groups is 1. The van der Waals surface area contributed by atoms with Gasteiger partial charge in [0.15, 0.2) is 0 Å². The highest BCUT2D eigenvalue weighted by Gasteiger charge is 2.02. The van der Waals surface area contributed by atoms with E-state index < -0.39 is 0 Å². The first-order valence-electron chi connectivity index (χ1n) is 3.98. The van der Waals surface area contributed by atoms with Crippen LogP contribution in [0, 0.1) is 0 Å². The lowest BCUT2D eigenvalue weighted by atomic mass is 10.1. The molecule has 0 rings (SSSR count). The predicted octanol–water partition coefficient (Wildman–Crippen LogP) is 1.74. The summed E-state index contributed by atoms with van der Waals surface area (Å²) in [6.07, 6.45) is 2.21. The van der Waals surface area contributed by atoms with Crippen molar-refractivity contribution in [3.8, 4) is 0 Å². The lowest BCUT2D eigenvalue weighted by Gasteiger charge is -2.08. The Kier molecular flexibility index (Phi) is 6.18. The molecule has 0 amide bonds. The van der Waals surface area contributed by atoms with Crippen molar-refractivity contribution in [3.63, 3.8) is 0 Å². The van der Waals surface area contributed by atoms with Crippen LogP contribution >= 0.6 is 0 Å². The van der Waals surface area contributed by atoms with Crippen LogP contribution < -0.4 is 0 Å². The van der Waals surface area contributed by atoms with E-state index in [1.54, 1.807) is 7.11 Å². The van der Waals surface area contributed by atoms with Crippen LogP contribution in [0.3, 0.4) is 0 Å². The Morgan fingerprint density at radius 2 is 2.27 bits per heavy atom. The van der Waals surface area contributed by atoms with Gasteiger partial charge in [0.1, 0.15) is 0 Å². The largest absolute Gasteiger partial charge is 0.393 e. The second-order valence-electron chi connectivity index (χ2n) is 2.95. The van der Waals surface area contributed by atoms with Crippen molar-refractivity contribution in [2.24, 2.45) is 0 Å². The maximum Gasteiger partial charge on any atom is 0.0578 e. The standard InChI is InChI=1S/C9H18O2/c1-8(2)7-9(10)5-4-6-11-3/h9-10H,1,4-7H2,2-3H3. The number of rotatable bonds is 6. The topological polar surface area (TPSA) is 29.5 Å². The summed E-state index contributed by atoms with van der Waals surface area (Å²) in [5, 5.41) is 9.33. The number of ether oxygens (including phenoxy) is 1. The molecule has 2 nitrogen and oxygen atoms in total. The summed E-state index contributed by atoms with van der Waals surface area (Å²) in [6, 6.07) is 0. The zero-order valence-corrected chi connectivity index (χ0v) is 7.47. The molecule has 66 valence electrons. The first-order valence-corrected chi connectivity index (χ1v) is 3.98. The quantitative estimate of drug-likeness (QED) is 0.471. The minimum Gasteiger partial charge on any atom is -0.393 e. The molecular formula is C9H18O2. The molecule has 2 heteroatoms. The predicted molar refractivity (Wildman–Crippen MR) is 46.5 cm³/mol. The van der Waals surface area contributed by atoms with Crippen LogP contribution in [0.1, 0.15) is 26.2 Å². The molecule has 1 atom stereocenters. The molecule has 1 N–H and O–H groups in total. The van der Waals surface area contributed by atoms with E-state index in [0.29, 0.717) is 6.42 Å². The van der Waals surface area contributed by atoms with Gasteiger partial charge < -0.3 is 9.84 Å². The average molecular weight is 158 g/mol. The Labute approximate surface area is 68.9 Å². The Morgan fingerprint density at radius 3 is 2.73 bits per heavy atom. The molecule has 0 bridgehead atoms. The number of methoxy groups -OCH3 is 1. The molecule has 0 spiro atoms. The zero-order valence-electron chi connectivity index (χ0n) is 7.47. The van der Waals surface area contributed by atoms with Crippen molar-refractivity contribution in [2.45, 2.75) is 32.3 Å². The summed E-state index contributed by atoms with van der Waals surface area (Å²) >= 11 is 0. The minimum atomic E-state index is -0.234. The van der Waals surface area contributed by atoms with E-state index in [-0.39, 0.29) is 6.10 Å².